The molecule has 0 aromatic heterocycles. The summed E-state index contributed by atoms with van der Waals surface area (Å²) in [6, 6.07) is 4.96. The minimum Gasteiger partial charge on any atom is -0.392 e. The Morgan fingerprint density at radius 3 is 3.06 bits per heavy atom. The van der Waals surface area contributed by atoms with Crippen molar-refractivity contribution in [1.29, 1.82) is 0 Å². The third-order valence-electron chi connectivity index (χ3n) is 2.48. The standard InChI is InChI=1S/C11H13ClN2O2/c1-6(15)5-13-10-7-3-2-4-8(12)9(7)14-11(10)16/h2-4,6,10,13,15H,5H2,1H3,(H,14,16). The number of aliphatic hydroxyl groups is 1. The van der Waals surface area contributed by atoms with Gasteiger partial charge in [-0.3, -0.25) is 10.1 Å². The molecule has 0 radical (unpaired) electrons. The van der Waals surface area contributed by atoms with Crippen molar-refractivity contribution in [1.82, 2.24) is 5.32 Å². The summed E-state index contributed by atoms with van der Waals surface area (Å²) in [5.41, 5.74) is 1.50. The second-order valence-electron chi connectivity index (χ2n) is 3.88. The molecule has 1 amide bonds. The molecule has 0 bridgehead atoms. The fraction of sp³-hybridized carbons (Fsp3) is 0.364. The van der Waals surface area contributed by atoms with E-state index in [0.717, 1.165) is 5.56 Å². The second-order valence-corrected chi connectivity index (χ2v) is 4.29. The van der Waals surface area contributed by atoms with E-state index in [2.05, 4.69) is 10.6 Å². The molecule has 2 rings (SSSR count). The predicted molar refractivity (Wildman–Crippen MR) is 62.5 cm³/mol. The number of carbonyl (C=O) groups is 1. The van der Waals surface area contributed by atoms with Gasteiger partial charge in [0.05, 0.1) is 16.8 Å². The number of hydrogen-bond donors (Lipinski definition) is 3. The Morgan fingerprint density at radius 1 is 1.62 bits per heavy atom. The molecule has 5 heteroatoms. The minimum absolute atomic E-state index is 0.135. The lowest BCUT2D eigenvalue weighted by Crippen LogP contribution is -2.32. The molecule has 0 saturated carbocycles. The normalized spacial score (nSPS) is 20.4. The fourth-order valence-electron chi connectivity index (χ4n) is 1.74. The van der Waals surface area contributed by atoms with Gasteiger partial charge < -0.3 is 10.4 Å². The summed E-state index contributed by atoms with van der Waals surface area (Å²) < 4.78 is 0. The molecule has 0 saturated heterocycles. The number of amides is 1. The van der Waals surface area contributed by atoms with E-state index in [4.69, 9.17) is 11.6 Å². The van der Waals surface area contributed by atoms with Crippen LogP contribution in [-0.2, 0) is 4.79 Å². The topological polar surface area (TPSA) is 61.4 Å². The molecule has 0 spiro atoms. The van der Waals surface area contributed by atoms with Gasteiger partial charge in [-0.1, -0.05) is 23.7 Å². The molecule has 1 aromatic rings. The van der Waals surface area contributed by atoms with E-state index in [1.165, 1.54) is 0 Å². The Kier molecular flexibility index (Phi) is 3.14. The van der Waals surface area contributed by atoms with Gasteiger partial charge in [-0.15, -0.1) is 0 Å². The van der Waals surface area contributed by atoms with E-state index in [1.54, 1.807) is 19.1 Å². The van der Waals surface area contributed by atoms with Crippen molar-refractivity contribution in [3.8, 4) is 0 Å². The van der Waals surface area contributed by atoms with Crippen molar-refractivity contribution in [2.24, 2.45) is 0 Å². The van der Waals surface area contributed by atoms with Crippen LogP contribution in [0.15, 0.2) is 18.2 Å². The Labute approximate surface area is 98.6 Å². The van der Waals surface area contributed by atoms with Crippen LogP contribution in [0.4, 0.5) is 5.69 Å². The van der Waals surface area contributed by atoms with Crippen LogP contribution in [0.1, 0.15) is 18.5 Å². The summed E-state index contributed by atoms with van der Waals surface area (Å²) in [7, 11) is 0. The van der Waals surface area contributed by atoms with E-state index >= 15 is 0 Å². The number of hydrogen-bond acceptors (Lipinski definition) is 3. The Morgan fingerprint density at radius 2 is 2.38 bits per heavy atom. The average Bonchev–Trinajstić information content (AvgIpc) is 2.53. The van der Waals surface area contributed by atoms with Crippen LogP contribution >= 0.6 is 11.6 Å². The summed E-state index contributed by atoms with van der Waals surface area (Å²) >= 11 is 5.97. The maximum Gasteiger partial charge on any atom is 0.246 e. The number of benzene rings is 1. The van der Waals surface area contributed by atoms with Gasteiger partial charge in [-0.2, -0.15) is 0 Å². The number of anilines is 1. The molecule has 4 nitrogen and oxygen atoms in total. The Bertz CT molecular complexity index is 420. The lowest BCUT2D eigenvalue weighted by molar-refractivity contribution is -0.117. The summed E-state index contributed by atoms with van der Waals surface area (Å²) in [5, 5.41) is 15.4. The highest BCUT2D eigenvalue weighted by molar-refractivity contribution is 6.34. The smallest absolute Gasteiger partial charge is 0.246 e. The maximum atomic E-state index is 11.7. The molecule has 1 aliphatic heterocycles. The number of aliphatic hydroxyl groups excluding tert-OH is 1. The van der Waals surface area contributed by atoms with Crippen LogP contribution in [-0.4, -0.2) is 23.7 Å². The SMILES string of the molecule is CC(O)CNC1C(=O)Nc2c(Cl)cccc21. The van der Waals surface area contributed by atoms with Crippen molar-refractivity contribution in [3.63, 3.8) is 0 Å². The van der Waals surface area contributed by atoms with Crippen LogP contribution in [0.25, 0.3) is 0 Å². The van der Waals surface area contributed by atoms with Crippen molar-refractivity contribution in [2.45, 2.75) is 19.1 Å². The van der Waals surface area contributed by atoms with E-state index in [9.17, 15) is 9.90 Å². The van der Waals surface area contributed by atoms with Gasteiger partial charge in [0.1, 0.15) is 6.04 Å². The highest BCUT2D eigenvalue weighted by Crippen LogP contribution is 2.36. The molecule has 1 heterocycles. The van der Waals surface area contributed by atoms with Crippen molar-refractivity contribution in [2.75, 3.05) is 11.9 Å². The van der Waals surface area contributed by atoms with Crippen LogP contribution in [0.3, 0.4) is 0 Å². The van der Waals surface area contributed by atoms with Crippen molar-refractivity contribution >= 4 is 23.2 Å². The highest BCUT2D eigenvalue weighted by Gasteiger charge is 2.31. The van der Waals surface area contributed by atoms with Crippen LogP contribution in [0, 0.1) is 0 Å². The summed E-state index contributed by atoms with van der Waals surface area (Å²) in [4.78, 5) is 11.7. The molecule has 3 N–H and O–H groups in total. The van der Waals surface area contributed by atoms with Crippen LogP contribution in [0.5, 0.6) is 0 Å². The molecule has 0 aliphatic carbocycles. The molecular formula is C11H13ClN2O2. The minimum atomic E-state index is -0.490. The summed E-state index contributed by atoms with van der Waals surface area (Å²) in [6.45, 7) is 2.03. The van der Waals surface area contributed by atoms with Gasteiger partial charge in [0.25, 0.3) is 0 Å². The first-order valence-corrected chi connectivity index (χ1v) is 5.48. The molecule has 2 unspecified atom stereocenters. The van der Waals surface area contributed by atoms with E-state index < -0.39 is 12.1 Å². The van der Waals surface area contributed by atoms with Crippen LogP contribution < -0.4 is 10.6 Å². The number of fused-ring (bicyclic) bond motifs is 1. The monoisotopic (exact) mass is 240 g/mol. The first kappa shape index (κ1) is 11.4. The van der Waals surface area contributed by atoms with Gasteiger partial charge >= 0.3 is 0 Å². The van der Waals surface area contributed by atoms with Crippen molar-refractivity contribution in [3.05, 3.63) is 28.8 Å². The summed E-state index contributed by atoms with van der Waals surface area (Å²) in [5.74, 6) is -0.135. The zero-order chi connectivity index (χ0) is 11.7. The lowest BCUT2D eigenvalue weighted by atomic mass is 10.1. The largest absolute Gasteiger partial charge is 0.392 e. The molecule has 0 fully saturated rings. The predicted octanol–water partition coefficient (Wildman–Crippen LogP) is 1.30. The third kappa shape index (κ3) is 2.04. The van der Waals surface area contributed by atoms with Gasteiger partial charge in [0.2, 0.25) is 5.91 Å². The molecule has 1 aliphatic rings. The lowest BCUT2D eigenvalue weighted by Gasteiger charge is -2.12. The molecule has 86 valence electrons. The molecule has 16 heavy (non-hydrogen) atoms. The maximum absolute atomic E-state index is 11.7. The van der Waals surface area contributed by atoms with Crippen molar-refractivity contribution < 1.29 is 9.90 Å². The number of rotatable bonds is 3. The molecular weight excluding hydrogens is 228 g/mol. The Hall–Kier alpha value is -1.10. The zero-order valence-corrected chi connectivity index (χ0v) is 9.58. The first-order valence-electron chi connectivity index (χ1n) is 5.10. The average molecular weight is 241 g/mol. The van der Waals surface area contributed by atoms with Gasteiger partial charge in [0, 0.05) is 12.1 Å². The van der Waals surface area contributed by atoms with Crippen LogP contribution in [0.2, 0.25) is 5.02 Å². The van der Waals surface area contributed by atoms with Gasteiger partial charge in [-0.05, 0) is 13.0 Å². The van der Waals surface area contributed by atoms with E-state index in [1.807, 2.05) is 6.07 Å². The van der Waals surface area contributed by atoms with E-state index in [-0.39, 0.29) is 5.91 Å². The highest BCUT2D eigenvalue weighted by atomic mass is 35.5. The molecule has 2 atom stereocenters. The van der Waals surface area contributed by atoms with Gasteiger partial charge in [0.15, 0.2) is 0 Å². The quantitative estimate of drug-likeness (QED) is 0.747. The van der Waals surface area contributed by atoms with Gasteiger partial charge in [-0.25, -0.2) is 0 Å². The second kappa shape index (κ2) is 4.41. The number of para-hydroxylation sites is 1. The fourth-order valence-corrected chi connectivity index (χ4v) is 1.97. The summed E-state index contributed by atoms with van der Waals surface area (Å²) in [6.07, 6.45) is -0.490. The number of nitrogens with one attached hydrogen (secondary N) is 2. The first-order chi connectivity index (χ1) is 7.59. The number of carbonyl (C=O) groups excluding carboxylic acids is 1. The third-order valence-corrected chi connectivity index (χ3v) is 2.80. The number of halogens is 1. The zero-order valence-electron chi connectivity index (χ0n) is 8.83. The van der Waals surface area contributed by atoms with E-state index in [0.29, 0.717) is 17.3 Å². The molecule has 1 aromatic carbocycles. The Balaban J connectivity index is 2.23.